The first-order valence-corrected chi connectivity index (χ1v) is 4.26. The average molecular weight is 246 g/mol. The Hall–Kier alpha value is -2.18. The Morgan fingerprint density at radius 2 is 1.53 bits per heavy atom. The summed E-state index contributed by atoms with van der Waals surface area (Å²) >= 11 is 0. The predicted molar refractivity (Wildman–Crippen MR) is 47.9 cm³/mol. The van der Waals surface area contributed by atoms with Gasteiger partial charge in [0.15, 0.2) is 17.4 Å². The number of ketones is 2. The van der Waals surface area contributed by atoms with Crippen molar-refractivity contribution in [2.45, 2.75) is 6.42 Å². The van der Waals surface area contributed by atoms with Crippen molar-refractivity contribution in [2.75, 3.05) is 0 Å². The number of carbonyl (C=O) groups is 3. The molecule has 0 unspecified atom stereocenters. The van der Waals surface area contributed by atoms with Crippen molar-refractivity contribution in [1.82, 2.24) is 0 Å². The maximum absolute atomic E-state index is 13.0. The van der Waals surface area contributed by atoms with Crippen molar-refractivity contribution in [3.05, 3.63) is 35.1 Å². The van der Waals surface area contributed by atoms with Gasteiger partial charge >= 0.3 is 5.97 Å². The summed E-state index contributed by atoms with van der Waals surface area (Å²) in [4.78, 5) is 32.1. The van der Waals surface area contributed by atoms with Gasteiger partial charge in [0.25, 0.3) is 0 Å². The molecule has 90 valence electrons. The van der Waals surface area contributed by atoms with Crippen LogP contribution < -0.4 is 0 Å². The zero-order valence-corrected chi connectivity index (χ0v) is 8.17. The van der Waals surface area contributed by atoms with Crippen molar-refractivity contribution in [3.63, 3.8) is 0 Å². The highest BCUT2D eigenvalue weighted by molar-refractivity contribution is 6.37. The number of aliphatic carboxylic acids is 1. The zero-order chi connectivity index (χ0) is 13.2. The normalized spacial score (nSPS) is 10.1. The first kappa shape index (κ1) is 12.9. The van der Waals surface area contributed by atoms with Gasteiger partial charge in [0.05, 0.1) is 12.0 Å². The molecular weight excluding hydrogens is 241 g/mol. The lowest BCUT2D eigenvalue weighted by Gasteiger charge is -2.01. The van der Waals surface area contributed by atoms with Crippen LogP contribution in [0.2, 0.25) is 0 Å². The van der Waals surface area contributed by atoms with Crippen molar-refractivity contribution in [3.8, 4) is 0 Å². The van der Waals surface area contributed by atoms with Crippen LogP contribution in [-0.2, 0) is 9.59 Å². The maximum atomic E-state index is 13.0. The smallest absolute Gasteiger partial charge is 0.372 e. The van der Waals surface area contributed by atoms with Gasteiger partial charge < -0.3 is 5.11 Å². The Morgan fingerprint density at radius 3 is 2.06 bits per heavy atom. The van der Waals surface area contributed by atoms with Gasteiger partial charge in [0.1, 0.15) is 5.82 Å². The number of benzene rings is 1. The number of carboxylic acid groups (broad SMARTS) is 1. The number of rotatable bonds is 4. The average Bonchev–Trinajstić information content (AvgIpc) is 2.22. The van der Waals surface area contributed by atoms with Gasteiger partial charge in [-0.3, -0.25) is 9.59 Å². The minimum absolute atomic E-state index is 0.147. The third kappa shape index (κ3) is 2.90. The molecule has 0 spiro atoms. The molecule has 0 aromatic heterocycles. The molecule has 0 saturated heterocycles. The monoisotopic (exact) mass is 246 g/mol. The minimum atomic E-state index is -1.86. The van der Waals surface area contributed by atoms with E-state index in [1.165, 1.54) is 0 Å². The van der Waals surface area contributed by atoms with E-state index in [1.54, 1.807) is 0 Å². The van der Waals surface area contributed by atoms with Gasteiger partial charge in [-0.1, -0.05) is 0 Å². The van der Waals surface area contributed by atoms with Crippen LogP contribution in [0.1, 0.15) is 16.8 Å². The van der Waals surface area contributed by atoms with Crippen molar-refractivity contribution < 1.29 is 32.7 Å². The maximum Gasteiger partial charge on any atom is 0.372 e. The highest BCUT2D eigenvalue weighted by atomic mass is 19.2. The van der Waals surface area contributed by atoms with Crippen LogP contribution in [0.3, 0.4) is 0 Å². The fourth-order valence-corrected chi connectivity index (χ4v) is 1.05. The van der Waals surface area contributed by atoms with E-state index in [0.717, 1.165) is 0 Å². The van der Waals surface area contributed by atoms with Crippen LogP contribution >= 0.6 is 0 Å². The fourth-order valence-electron chi connectivity index (χ4n) is 1.05. The van der Waals surface area contributed by atoms with Gasteiger partial charge in [0, 0.05) is 6.07 Å². The molecule has 0 amide bonds. The van der Waals surface area contributed by atoms with Crippen LogP contribution in [0, 0.1) is 17.5 Å². The Bertz CT molecular complexity index is 511. The van der Waals surface area contributed by atoms with E-state index >= 15 is 0 Å². The second-order valence-corrected chi connectivity index (χ2v) is 3.07. The Kier molecular flexibility index (Phi) is 3.62. The van der Waals surface area contributed by atoms with Crippen molar-refractivity contribution >= 4 is 17.5 Å². The van der Waals surface area contributed by atoms with Gasteiger partial charge in [-0.25, -0.2) is 18.0 Å². The Balaban J connectivity index is 3.01. The molecule has 1 aromatic rings. The molecule has 4 nitrogen and oxygen atoms in total. The number of carbonyl (C=O) groups excluding carboxylic acids is 2. The van der Waals surface area contributed by atoms with E-state index in [2.05, 4.69) is 0 Å². The highest BCUT2D eigenvalue weighted by Crippen LogP contribution is 2.15. The summed E-state index contributed by atoms with van der Waals surface area (Å²) in [6, 6.07) is 0.427. The highest BCUT2D eigenvalue weighted by Gasteiger charge is 2.21. The molecule has 0 bridgehead atoms. The molecule has 0 radical (unpaired) electrons. The molecule has 7 heteroatoms. The van der Waals surface area contributed by atoms with Crippen LogP contribution in [-0.4, -0.2) is 22.6 Å². The molecule has 0 fully saturated rings. The van der Waals surface area contributed by atoms with Gasteiger partial charge in [-0.05, 0) is 6.07 Å². The standard InChI is InChI=1S/C10H5F3O4/c11-5-2-7(13)6(12)1-4(5)8(14)3-9(15)10(16)17/h1-2H,3H2,(H,16,17). The Labute approximate surface area is 92.7 Å². The topological polar surface area (TPSA) is 71.4 Å². The van der Waals surface area contributed by atoms with Gasteiger partial charge in [-0.2, -0.15) is 0 Å². The molecule has 0 saturated carbocycles. The van der Waals surface area contributed by atoms with Crippen molar-refractivity contribution in [2.24, 2.45) is 0 Å². The quantitative estimate of drug-likeness (QED) is 0.376. The number of halogens is 3. The number of hydrogen-bond donors (Lipinski definition) is 1. The first-order valence-electron chi connectivity index (χ1n) is 4.26. The summed E-state index contributed by atoms with van der Waals surface area (Å²) in [5, 5.41) is 8.22. The van der Waals surface area contributed by atoms with Crippen LogP contribution in [0.15, 0.2) is 12.1 Å². The second-order valence-electron chi connectivity index (χ2n) is 3.07. The number of Topliss-reactive ketones (excluding diaryl/α,β-unsaturated/α-hetero) is 2. The first-order chi connectivity index (χ1) is 7.82. The summed E-state index contributed by atoms with van der Waals surface area (Å²) < 4.78 is 38.3. The molecule has 0 aliphatic rings. The largest absolute Gasteiger partial charge is 0.475 e. The van der Waals surface area contributed by atoms with E-state index in [0.29, 0.717) is 0 Å². The molecule has 1 rings (SSSR count). The van der Waals surface area contributed by atoms with E-state index in [1.807, 2.05) is 0 Å². The molecule has 1 N–H and O–H groups in total. The second kappa shape index (κ2) is 4.77. The summed E-state index contributed by atoms with van der Waals surface area (Å²) in [5.41, 5.74) is -0.862. The summed E-state index contributed by atoms with van der Waals surface area (Å²) in [6.07, 6.45) is -1.11. The summed E-state index contributed by atoms with van der Waals surface area (Å²) in [7, 11) is 0. The van der Waals surface area contributed by atoms with E-state index in [4.69, 9.17) is 5.11 Å². The SMILES string of the molecule is O=C(O)C(=O)CC(=O)c1cc(F)c(F)cc1F. The van der Waals surface area contributed by atoms with E-state index < -0.39 is 47.0 Å². The lowest BCUT2D eigenvalue weighted by Crippen LogP contribution is -2.18. The van der Waals surface area contributed by atoms with E-state index in [-0.39, 0.29) is 12.1 Å². The summed E-state index contributed by atoms with van der Waals surface area (Å²) in [6.45, 7) is 0. The predicted octanol–water partition coefficient (Wildman–Crippen LogP) is 1.33. The number of hydrogen-bond acceptors (Lipinski definition) is 3. The molecule has 0 heterocycles. The van der Waals surface area contributed by atoms with Crippen molar-refractivity contribution in [1.29, 1.82) is 0 Å². The third-order valence-electron chi connectivity index (χ3n) is 1.87. The Morgan fingerprint density at radius 1 is 1.00 bits per heavy atom. The fraction of sp³-hybridized carbons (Fsp3) is 0.100. The minimum Gasteiger partial charge on any atom is -0.475 e. The lowest BCUT2D eigenvalue weighted by molar-refractivity contribution is -0.148. The summed E-state index contributed by atoms with van der Waals surface area (Å²) in [5.74, 6) is -8.84. The van der Waals surface area contributed by atoms with Crippen LogP contribution in [0.25, 0.3) is 0 Å². The zero-order valence-electron chi connectivity index (χ0n) is 8.17. The van der Waals surface area contributed by atoms with Gasteiger partial charge in [-0.15, -0.1) is 0 Å². The van der Waals surface area contributed by atoms with Crippen LogP contribution in [0.4, 0.5) is 13.2 Å². The van der Waals surface area contributed by atoms with Crippen LogP contribution in [0.5, 0.6) is 0 Å². The van der Waals surface area contributed by atoms with Gasteiger partial charge in [0.2, 0.25) is 5.78 Å². The molecule has 0 aliphatic heterocycles. The molecule has 1 aromatic carbocycles. The molecule has 0 atom stereocenters. The molecular formula is C10H5F3O4. The van der Waals surface area contributed by atoms with E-state index in [9.17, 15) is 27.6 Å². The lowest BCUT2D eigenvalue weighted by atomic mass is 10.1. The molecule has 0 aliphatic carbocycles. The third-order valence-corrected chi connectivity index (χ3v) is 1.87. The molecule has 17 heavy (non-hydrogen) atoms. The number of carboxylic acids is 1.